The molecule has 0 saturated carbocycles. The number of aromatic nitrogens is 2. The number of methoxy groups -OCH3 is 1. The highest BCUT2D eigenvalue weighted by atomic mass is 35.5. The van der Waals surface area contributed by atoms with E-state index in [1.807, 2.05) is 13.8 Å². The van der Waals surface area contributed by atoms with Crippen LogP contribution in [0, 0.1) is 16.5 Å². The lowest BCUT2D eigenvalue weighted by Crippen LogP contribution is -2.25. The van der Waals surface area contributed by atoms with E-state index in [1.165, 1.54) is 19.2 Å². The Kier molecular flexibility index (Phi) is 4.15. The van der Waals surface area contributed by atoms with Gasteiger partial charge in [-0.2, -0.15) is 0 Å². The SMILES string of the molecule is COC(=O)C(C(C)C)n1c(=S)[nH]c2cc(Cl)c(F)cc21. The smallest absolute Gasteiger partial charge is 0.329 e. The van der Waals surface area contributed by atoms with Crippen LogP contribution in [0.2, 0.25) is 5.02 Å². The maximum absolute atomic E-state index is 13.7. The number of halogens is 2. The first-order valence-electron chi connectivity index (χ1n) is 6.04. The molecule has 20 heavy (non-hydrogen) atoms. The molecule has 0 fully saturated rings. The van der Waals surface area contributed by atoms with Crippen molar-refractivity contribution in [2.75, 3.05) is 7.11 Å². The topological polar surface area (TPSA) is 47.0 Å². The molecule has 0 bridgehead atoms. The van der Waals surface area contributed by atoms with Gasteiger partial charge in [-0.3, -0.25) is 0 Å². The summed E-state index contributed by atoms with van der Waals surface area (Å²) in [5, 5.41) is 0.0000602. The third-order valence-corrected chi connectivity index (χ3v) is 3.70. The van der Waals surface area contributed by atoms with Gasteiger partial charge in [0.05, 0.1) is 23.2 Å². The fraction of sp³-hybridized carbons (Fsp3) is 0.385. The van der Waals surface area contributed by atoms with Gasteiger partial charge in [-0.25, -0.2) is 9.18 Å². The second-order valence-electron chi connectivity index (χ2n) is 4.80. The quantitative estimate of drug-likeness (QED) is 0.691. The molecular weight excluding hydrogens is 303 g/mol. The van der Waals surface area contributed by atoms with Crippen LogP contribution in [0.1, 0.15) is 19.9 Å². The molecule has 0 aliphatic rings. The number of rotatable bonds is 3. The van der Waals surface area contributed by atoms with Gasteiger partial charge >= 0.3 is 5.97 Å². The Bertz CT molecular complexity index is 723. The molecule has 0 spiro atoms. The van der Waals surface area contributed by atoms with Crippen LogP contribution in [0.3, 0.4) is 0 Å². The second-order valence-corrected chi connectivity index (χ2v) is 5.59. The third kappa shape index (κ3) is 2.45. The number of aromatic amines is 1. The summed E-state index contributed by atoms with van der Waals surface area (Å²) >= 11 is 11.0. The number of hydrogen-bond acceptors (Lipinski definition) is 3. The number of esters is 1. The van der Waals surface area contributed by atoms with Crippen LogP contribution in [-0.4, -0.2) is 22.6 Å². The van der Waals surface area contributed by atoms with Crippen LogP contribution < -0.4 is 0 Å². The molecule has 7 heteroatoms. The van der Waals surface area contributed by atoms with Gasteiger partial charge in [0.25, 0.3) is 0 Å². The van der Waals surface area contributed by atoms with Crippen molar-refractivity contribution in [3.8, 4) is 0 Å². The Balaban J connectivity index is 2.75. The average molecular weight is 317 g/mol. The van der Waals surface area contributed by atoms with Crippen molar-refractivity contribution in [3.63, 3.8) is 0 Å². The van der Waals surface area contributed by atoms with Crippen molar-refractivity contribution in [2.45, 2.75) is 19.9 Å². The summed E-state index contributed by atoms with van der Waals surface area (Å²) < 4.78 is 20.4. The summed E-state index contributed by atoms with van der Waals surface area (Å²) in [4.78, 5) is 14.9. The van der Waals surface area contributed by atoms with Crippen molar-refractivity contribution in [1.29, 1.82) is 0 Å². The van der Waals surface area contributed by atoms with Gasteiger partial charge in [-0.05, 0) is 24.2 Å². The number of carbonyl (C=O) groups is 1. The molecule has 1 atom stereocenters. The number of carbonyl (C=O) groups excluding carboxylic acids is 1. The van der Waals surface area contributed by atoms with E-state index in [0.717, 1.165) is 0 Å². The summed E-state index contributed by atoms with van der Waals surface area (Å²) in [6, 6.07) is 2.09. The number of hydrogen-bond donors (Lipinski definition) is 1. The van der Waals surface area contributed by atoms with E-state index in [1.54, 1.807) is 4.57 Å². The van der Waals surface area contributed by atoms with E-state index in [9.17, 15) is 9.18 Å². The largest absolute Gasteiger partial charge is 0.467 e. The molecule has 1 unspecified atom stereocenters. The monoisotopic (exact) mass is 316 g/mol. The molecule has 1 heterocycles. The van der Waals surface area contributed by atoms with Crippen molar-refractivity contribution in [1.82, 2.24) is 9.55 Å². The predicted molar refractivity (Wildman–Crippen MR) is 78.0 cm³/mol. The Morgan fingerprint density at radius 2 is 2.15 bits per heavy atom. The molecule has 4 nitrogen and oxygen atoms in total. The van der Waals surface area contributed by atoms with Crippen LogP contribution in [-0.2, 0) is 9.53 Å². The fourth-order valence-electron chi connectivity index (χ4n) is 2.19. The molecule has 1 N–H and O–H groups in total. The minimum Gasteiger partial charge on any atom is -0.467 e. The molecule has 1 aromatic heterocycles. The van der Waals surface area contributed by atoms with E-state index in [4.69, 9.17) is 28.6 Å². The van der Waals surface area contributed by atoms with Gasteiger partial charge in [0, 0.05) is 6.07 Å². The minimum atomic E-state index is -0.623. The molecule has 0 amide bonds. The first-order valence-corrected chi connectivity index (χ1v) is 6.82. The highest BCUT2D eigenvalue weighted by Crippen LogP contribution is 2.28. The van der Waals surface area contributed by atoms with E-state index in [0.29, 0.717) is 15.8 Å². The van der Waals surface area contributed by atoms with E-state index in [2.05, 4.69) is 4.98 Å². The Morgan fingerprint density at radius 3 is 2.70 bits per heavy atom. The standard InChI is InChI=1S/C13H14ClFN2O2S/c1-6(2)11(12(18)19-3)17-10-5-8(15)7(14)4-9(10)16-13(17)20/h4-6,11H,1-3H3,(H,16,20). The molecule has 0 aliphatic heterocycles. The number of H-pyrrole nitrogens is 1. The van der Waals surface area contributed by atoms with Crippen molar-refractivity contribution in [3.05, 3.63) is 27.7 Å². The number of nitrogens with zero attached hydrogens (tertiary/aromatic N) is 1. The highest BCUT2D eigenvalue weighted by molar-refractivity contribution is 7.71. The second kappa shape index (κ2) is 5.54. The van der Waals surface area contributed by atoms with Crippen molar-refractivity contribution >= 4 is 40.8 Å². The van der Waals surface area contributed by atoms with Crippen LogP contribution >= 0.6 is 23.8 Å². The van der Waals surface area contributed by atoms with Crippen LogP contribution in [0.15, 0.2) is 12.1 Å². The fourth-order valence-corrected chi connectivity index (χ4v) is 2.68. The van der Waals surface area contributed by atoms with E-state index < -0.39 is 17.8 Å². The Morgan fingerprint density at radius 1 is 1.50 bits per heavy atom. The number of ether oxygens (including phenoxy) is 1. The van der Waals surface area contributed by atoms with Gasteiger partial charge in [0.2, 0.25) is 0 Å². The third-order valence-electron chi connectivity index (χ3n) is 3.11. The van der Waals surface area contributed by atoms with Crippen LogP contribution in [0.5, 0.6) is 0 Å². The lowest BCUT2D eigenvalue weighted by atomic mass is 10.0. The molecule has 0 aliphatic carbocycles. The predicted octanol–water partition coefficient (Wildman–Crippen LogP) is 3.86. The maximum atomic E-state index is 13.7. The Labute approximate surface area is 125 Å². The van der Waals surface area contributed by atoms with Crippen LogP contribution in [0.4, 0.5) is 4.39 Å². The summed E-state index contributed by atoms with van der Waals surface area (Å²) in [5.41, 5.74) is 1.07. The molecular formula is C13H14ClFN2O2S. The molecule has 0 saturated heterocycles. The number of fused-ring (bicyclic) bond motifs is 1. The lowest BCUT2D eigenvalue weighted by molar-refractivity contribution is -0.145. The summed E-state index contributed by atoms with van der Waals surface area (Å²) in [6.07, 6.45) is 0. The minimum absolute atomic E-state index is 0.0000602. The molecule has 2 rings (SSSR count). The summed E-state index contributed by atoms with van der Waals surface area (Å²) in [6.45, 7) is 3.74. The molecule has 2 aromatic rings. The van der Waals surface area contributed by atoms with Crippen molar-refractivity contribution in [2.24, 2.45) is 5.92 Å². The van der Waals surface area contributed by atoms with Gasteiger partial charge < -0.3 is 14.3 Å². The zero-order valence-electron chi connectivity index (χ0n) is 11.2. The van der Waals surface area contributed by atoms with Gasteiger partial charge in [0.15, 0.2) is 4.77 Å². The van der Waals surface area contributed by atoms with Crippen molar-refractivity contribution < 1.29 is 13.9 Å². The summed E-state index contributed by atoms with van der Waals surface area (Å²) in [7, 11) is 1.31. The Hall–Kier alpha value is -1.40. The average Bonchev–Trinajstić information content (AvgIpc) is 2.66. The first-order chi connectivity index (χ1) is 9.36. The molecule has 1 aromatic carbocycles. The zero-order chi connectivity index (χ0) is 15.0. The van der Waals surface area contributed by atoms with Gasteiger partial charge in [-0.15, -0.1) is 0 Å². The van der Waals surface area contributed by atoms with Gasteiger partial charge in [-0.1, -0.05) is 25.4 Å². The molecule has 0 radical (unpaired) electrons. The summed E-state index contributed by atoms with van der Waals surface area (Å²) in [5.74, 6) is -1.05. The number of nitrogens with one attached hydrogen (secondary N) is 1. The number of benzene rings is 1. The number of imidazole rings is 1. The zero-order valence-corrected chi connectivity index (χ0v) is 12.8. The van der Waals surface area contributed by atoms with E-state index >= 15 is 0 Å². The van der Waals surface area contributed by atoms with Crippen LogP contribution in [0.25, 0.3) is 11.0 Å². The normalized spacial score (nSPS) is 12.9. The first kappa shape index (κ1) is 15.0. The lowest BCUT2D eigenvalue weighted by Gasteiger charge is -2.20. The van der Waals surface area contributed by atoms with E-state index in [-0.39, 0.29) is 10.9 Å². The molecule has 108 valence electrons. The van der Waals surface area contributed by atoms with Gasteiger partial charge in [0.1, 0.15) is 11.9 Å². The maximum Gasteiger partial charge on any atom is 0.329 e. The highest BCUT2D eigenvalue weighted by Gasteiger charge is 2.27.